The molecule has 1 aromatic carbocycles. The number of carbonyl (C=O) groups excluding carboxylic acids is 2. The van der Waals surface area contributed by atoms with E-state index in [0.717, 1.165) is 11.3 Å². The summed E-state index contributed by atoms with van der Waals surface area (Å²) in [5.74, 6) is -0.0158. The first-order chi connectivity index (χ1) is 12.8. The van der Waals surface area contributed by atoms with Crippen molar-refractivity contribution in [2.24, 2.45) is 5.73 Å². The van der Waals surface area contributed by atoms with Gasteiger partial charge in [-0.3, -0.25) is 14.3 Å². The van der Waals surface area contributed by atoms with E-state index in [9.17, 15) is 9.59 Å². The molecule has 2 aromatic heterocycles. The molecule has 27 heavy (non-hydrogen) atoms. The van der Waals surface area contributed by atoms with Crippen molar-refractivity contribution in [3.05, 3.63) is 53.9 Å². The number of hydrogen-bond acceptors (Lipinski definition) is 5. The maximum Gasteiger partial charge on any atom is 0.295 e. The normalized spacial score (nSPS) is 11.0. The lowest BCUT2D eigenvalue weighted by molar-refractivity contribution is -0.118. The van der Waals surface area contributed by atoms with E-state index < -0.39 is 11.8 Å². The second kappa shape index (κ2) is 7.40. The molecular weight excluding hydrogens is 346 g/mol. The van der Waals surface area contributed by atoms with Crippen LogP contribution in [0.2, 0.25) is 0 Å². The van der Waals surface area contributed by atoms with E-state index >= 15 is 0 Å². The number of aromatic nitrogens is 5. The number of hydrogen-bond donors (Lipinski definition) is 2. The number of nitrogens with one attached hydrogen (secondary N) is 1. The number of nitrogens with two attached hydrogens (primary N) is 1. The Morgan fingerprint density at radius 3 is 2.70 bits per heavy atom. The van der Waals surface area contributed by atoms with E-state index in [0.29, 0.717) is 17.4 Å². The Balaban J connectivity index is 1.83. The molecule has 0 fully saturated rings. The zero-order valence-corrected chi connectivity index (χ0v) is 15.4. The molecule has 0 spiro atoms. The van der Waals surface area contributed by atoms with Gasteiger partial charge in [-0.15, -0.1) is 5.10 Å². The molecule has 0 bridgehead atoms. The lowest BCUT2D eigenvalue weighted by atomic mass is 10.0. The molecule has 0 saturated carbocycles. The van der Waals surface area contributed by atoms with Gasteiger partial charge in [-0.05, 0) is 24.5 Å². The SMILES string of the molecule is Cc1nc(C(=O)Nc2cnn(CC(N)=O)c2)nn1-c1ccccc1C(C)C. The summed E-state index contributed by atoms with van der Waals surface area (Å²) in [5, 5.41) is 11.0. The number of carbonyl (C=O) groups is 2. The minimum atomic E-state index is -0.518. The topological polar surface area (TPSA) is 121 Å². The zero-order chi connectivity index (χ0) is 19.6. The number of para-hydroxylation sites is 1. The van der Waals surface area contributed by atoms with Gasteiger partial charge in [0.25, 0.3) is 5.91 Å². The van der Waals surface area contributed by atoms with Crippen LogP contribution in [0.3, 0.4) is 0 Å². The molecule has 3 N–H and O–H groups in total. The molecule has 9 heteroatoms. The highest BCUT2D eigenvalue weighted by molar-refractivity contribution is 6.01. The molecule has 0 saturated heterocycles. The fourth-order valence-corrected chi connectivity index (χ4v) is 2.74. The van der Waals surface area contributed by atoms with Crippen molar-refractivity contribution >= 4 is 17.5 Å². The first-order valence-electron chi connectivity index (χ1n) is 8.50. The molecule has 0 atom stereocenters. The lowest BCUT2D eigenvalue weighted by Crippen LogP contribution is -2.18. The van der Waals surface area contributed by atoms with E-state index in [4.69, 9.17) is 5.73 Å². The molecule has 2 amide bonds. The summed E-state index contributed by atoms with van der Waals surface area (Å²) in [7, 11) is 0. The van der Waals surface area contributed by atoms with Gasteiger partial charge in [-0.2, -0.15) is 5.10 Å². The Hall–Kier alpha value is -3.49. The van der Waals surface area contributed by atoms with Gasteiger partial charge in [0, 0.05) is 6.20 Å². The third kappa shape index (κ3) is 4.02. The molecule has 0 aliphatic heterocycles. The van der Waals surface area contributed by atoms with Crippen molar-refractivity contribution in [3.8, 4) is 5.69 Å². The highest BCUT2D eigenvalue weighted by Crippen LogP contribution is 2.23. The van der Waals surface area contributed by atoms with Crippen LogP contribution in [0.1, 0.15) is 41.8 Å². The summed E-state index contributed by atoms with van der Waals surface area (Å²) >= 11 is 0. The number of amides is 2. The van der Waals surface area contributed by atoms with Gasteiger partial charge in [0.2, 0.25) is 11.7 Å². The molecule has 9 nitrogen and oxygen atoms in total. The largest absolute Gasteiger partial charge is 0.368 e. The molecule has 3 rings (SSSR count). The average molecular weight is 367 g/mol. The number of rotatable bonds is 6. The Morgan fingerprint density at radius 2 is 2.00 bits per heavy atom. The third-order valence-electron chi connectivity index (χ3n) is 3.97. The summed E-state index contributed by atoms with van der Waals surface area (Å²) in [6, 6.07) is 7.89. The van der Waals surface area contributed by atoms with Crippen LogP contribution in [0, 0.1) is 6.92 Å². The number of nitrogens with zero attached hydrogens (tertiary/aromatic N) is 5. The monoisotopic (exact) mass is 367 g/mol. The number of primary amides is 1. The molecular formula is C18H21N7O2. The van der Waals surface area contributed by atoms with Crippen molar-refractivity contribution in [2.45, 2.75) is 33.2 Å². The van der Waals surface area contributed by atoms with E-state index in [1.54, 1.807) is 11.6 Å². The van der Waals surface area contributed by atoms with Gasteiger partial charge in [-0.25, -0.2) is 9.67 Å². The van der Waals surface area contributed by atoms with Crippen molar-refractivity contribution < 1.29 is 9.59 Å². The fraction of sp³-hybridized carbons (Fsp3) is 0.278. The van der Waals surface area contributed by atoms with Crippen LogP contribution < -0.4 is 11.1 Å². The highest BCUT2D eigenvalue weighted by atomic mass is 16.2. The fourth-order valence-electron chi connectivity index (χ4n) is 2.74. The average Bonchev–Trinajstić information content (AvgIpc) is 3.20. The molecule has 0 aliphatic carbocycles. The van der Waals surface area contributed by atoms with E-state index in [2.05, 4.69) is 34.3 Å². The van der Waals surface area contributed by atoms with Crippen LogP contribution in [-0.2, 0) is 11.3 Å². The van der Waals surface area contributed by atoms with Crippen LogP contribution in [-0.4, -0.2) is 36.4 Å². The first kappa shape index (κ1) is 18.3. The predicted octanol–water partition coefficient (Wildman–Crippen LogP) is 1.63. The van der Waals surface area contributed by atoms with Crippen LogP contribution >= 0.6 is 0 Å². The van der Waals surface area contributed by atoms with E-state index in [1.165, 1.54) is 17.1 Å². The Labute approximate surface area is 156 Å². The molecule has 140 valence electrons. The summed E-state index contributed by atoms with van der Waals surface area (Å²) in [4.78, 5) is 27.7. The van der Waals surface area contributed by atoms with Gasteiger partial charge < -0.3 is 11.1 Å². The number of benzene rings is 1. The first-order valence-corrected chi connectivity index (χ1v) is 8.50. The minimum absolute atomic E-state index is 0.0497. The van der Waals surface area contributed by atoms with Gasteiger partial charge in [0.15, 0.2) is 0 Å². The van der Waals surface area contributed by atoms with Crippen LogP contribution in [0.25, 0.3) is 5.69 Å². The maximum atomic E-state index is 12.5. The molecule has 3 aromatic rings. The van der Waals surface area contributed by atoms with Gasteiger partial charge in [-0.1, -0.05) is 32.0 Å². The van der Waals surface area contributed by atoms with E-state index in [-0.39, 0.29) is 12.4 Å². The Morgan fingerprint density at radius 1 is 1.26 bits per heavy atom. The quantitative estimate of drug-likeness (QED) is 0.686. The van der Waals surface area contributed by atoms with Crippen LogP contribution in [0.5, 0.6) is 0 Å². The maximum absolute atomic E-state index is 12.5. The minimum Gasteiger partial charge on any atom is -0.368 e. The van der Waals surface area contributed by atoms with Crippen molar-refractivity contribution in [3.63, 3.8) is 0 Å². The summed E-state index contributed by atoms with van der Waals surface area (Å²) in [6.45, 7) is 5.94. The van der Waals surface area contributed by atoms with Crippen molar-refractivity contribution in [1.29, 1.82) is 0 Å². The van der Waals surface area contributed by atoms with Gasteiger partial charge in [0.1, 0.15) is 12.4 Å². The number of anilines is 1. The Bertz CT molecular complexity index is 987. The van der Waals surface area contributed by atoms with E-state index in [1.807, 2.05) is 24.3 Å². The molecule has 0 aliphatic rings. The predicted molar refractivity (Wildman–Crippen MR) is 99.6 cm³/mol. The second-order valence-electron chi connectivity index (χ2n) is 6.45. The second-order valence-corrected chi connectivity index (χ2v) is 6.45. The third-order valence-corrected chi connectivity index (χ3v) is 3.97. The summed E-state index contributed by atoms with van der Waals surface area (Å²) in [6.07, 6.45) is 2.94. The van der Waals surface area contributed by atoms with Gasteiger partial charge in [0.05, 0.1) is 17.6 Å². The number of aryl methyl sites for hydroxylation is 1. The van der Waals surface area contributed by atoms with Crippen molar-refractivity contribution in [2.75, 3.05) is 5.32 Å². The summed E-state index contributed by atoms with van der Waals surface area (Å²) < 4.78 is 3.01. The zero-order valence-electron chi connectivity index (χ0n) is 15.4. The standard InChI is InChI=1S/C18H21N7O2/c1-11(2)14-6-4-5-7-15(14)25-12(3)21-17(23-25)18(27)22-13-8-20-24(9-13)10-16(19)26/h4-9,11H,10H2,1-3H3,(H2,19,26)(H,22,27). The Kier molecular flexibility index (Phi) is 5.02. The lowest BCUT2D eigenvalue weighted by Gasteiger charge is -2.12. The molecule has 0 radical (unpaired) electrons. The molecule has 0 unspecified atom stereocenters. The smallest absolute Gasteiger partial charge is 0.295 e. The van der Waals surface area contributed by atoms with Crippen LogP contribution in [0.15, 0.2) is 36.7 Å². The van der Waals surface area contributed by atoms with Gasteiger partial charge >= 0.3 is 0 Å². The molecule has 2 heterocycles. The highest BCUT2D eigenvalue weighted by Gasteiger charge is 2.18. The van der Waals surface area contributed by atoms with Crippen LogP contribution in [0.4, 0.5) is 5.69 Å². The van der Waals surface area contributed by atoms with Crippen molar-refractivity contribution in [1.82, 2.24) is 24.5 Å². The summed E-state index contributed by atoms with van der Waals surface area (Å²) in [5.41, 5.74) is 7.56.